The third-order valence-electron chi connectivity index (χ3n) is 1.40. The van der Waals surface area contributed by atoms with Crippen molar-refractivity contribution in [2.45, 2.75) is 6.18 Å². The van der Waals surface area contributed by atoms with Crippen molar-refractivity contribution in [1.82, 2.24) is 0 Å². The quantitative estimate of drug-likeness (QED) is 0.848. The average Bonchev–Trinajstić information content (AvgIpc) is 1.99. The van der Waals surface area contributed by atoms with E-state index in [1.54, 1.807) is 0 Å². The Balaban J connectivity index is 3.19. The van der Waals surface area contributed by atoms with Gasteiger partial charge in [-0.15, -0.1) is 0 Å². The third-order valence-corrected chi connectivity index (χ3v) is 1.81. The van der Waals surface area contributed by atoms with E-state index in [1.807, 2.05) is 0 Å². The van der Waals surface area contributed by atoms with Gasteiger partial charge in [0.1, 0.15) is 0 Å². The highest BCUT2D eigenvalue weighted by Crippen LogP contribution is 2.36. The first-order valence-corrected chi connectivity index (χ1v) is 5.06. The average molecular weight is 241 g/mol. The van der Waals surface area contributed by atoms with Crippen LogP contribution in [0.5, 0.6) is 5.75 Å². The van der Waals surface area contributed by atoms with Crippen LogP contribution in [0, 0.1) is 0 Å². The molecule has 0 bridgehead atoms. The van der Waals surface area contributed by atoms with Crippen molar-refractivity contribution in [3.05, 3.63) is 29.8 Å². The van der Waals surface area contributed by atoms with Crippen molar-refractivity contribution >= 4 is 10.3 Å². The van der Waals surface area contributed by atoms with Crippen LogP contribution in [-0.4, -0.2) is 8.42 Å². The van der Waals surface area contributed by atoms with Gasteiger partial charge in [-0.25, -0.2) is 0 Å². The fourth-order valence-electron chi connectivity index (χ4n) is 0.899. The van der Waals surface area contributed by atoms with E-state index in [0.29, 0.717) is 6.07 Å². The SMILES string of the molecule is NS(=O)(=O)Oc1ccccc1C(F)(F)F. The van der Waals surface area contributed by atoms with Crippen LogP contribution in [0.4, 0.5) is 13.2 Å². The number of benzene rings is 1. The van der Waals surface area contributed by atoms with Crippen LogP contribution in [0.25, 0.3) is 0 Å². The number of hydrogen-bond donors (Lipinski definition) is 1. The van der Waals surface area contributed by atoms with E-state index in [1.165, 1.54) is 6.07 Å². The Morgan fingerprint density at radius 2 is 1.73 bits per heavy atom. The van der Waals surface area contributed by atoms with E-state index in [0.717, 1.165) is 12.1 Å². The van der Waals surface area contributed by atoms with Gasteiger partial charge in [0.25, 0.3) is 0 Å². The van der Waals surface area contributed by atoms with E-state index in [9.17, 15) is 21.6 Å². The maximum atomic E-state index is 12.3. The lowest BCUT2D eigenvalue weighted by molar-refractivity contribution is -0.138. The predicted molar refractivity (Wildman–Crippen MR) is 45.2 cm³/mol. The molecule has 0 atom stereocenters. The molecule has 4 nitrogen and oxygen atoms in total. The van der Waals surface area contributed by atoms with Gasteiger partial charge in [-0.3, -0.25) is 0 Å². The maximum Gasteiger partial charge on any atom is 0.420 e. The van der Waals surface area contributed by atoms with Crippen molar-refractivity contribution in [3.63, 3.8) is 0 Å². The molecular formula is C7H6F3NO3S. The number of hydrogen-bond acceptors (Lipinski definition) is 3. The van der Waals surface area contributed by atoms with Gasteiger partial charge < -0.3 is 4.18 Å². The molecule has 0 aromatic heterocycles. The monoisotopic (exact) mass is 241 g/mol. The molecule has 0 heterocycles. The lowest BCUT2D eigenvalue weighted by Crippen LogP contribution is -2.21. The van der Waals surface area contributed by atoms with E-state index in [4.69, 9.17) is 0 Å². The van der Waals surface area contributed by atoms with Crippen molar-refractivity contribution in [2.24, 2.45) is 5.14 Å². The standard InChI is InChI=1S/C7H6F3NO3S/c8-7(9,10)5-3-1-2-4-6(5)14-15(11,12)13/h1-4H,(H2,11,12,13). The molecule has 0 aliphatic rings. The highest BCUT2D eigenvalue weighted by molar-refractivity contribution is 7.84. The zero-order valence-electron chi connectivity index (χ0n) is 7.15. The summed E-state index contributed by atoms with van der Waals surface area (Å²) in [6.07, 6.45) is -4.69. The van der Waals surface area contributed by atoms with Gasteiger partial charge in [0.05, 0.1) is 5.56 Å². The van der Waals surface area contributed by atoms with Gasteiger partial charge in [0, 0.05) is 0 Å². The van der Waals surface area contributed by atoms with Gasteiger partial charge in [-0.2, -0.15) is 26.7 Å². The number of halogens is 3. The Hall–Kier alpha value is -1.28. The zero-order chi connectivity index (χ0) is 11.7. The molecule has 0 unspecified atom stereocenters. The summed E-state index contributed by atoms with van der Waals surface area (Å²) in [4.78, 5) is 0. The molecule has 8 heteroatoms. The smallest absolute Gasteiger partial charge is 0.370 e. The first kappa shape index (κ1) is 11.8. The summed E-state index contributed by atoms with van der Waals surface area (Å²) in [5.74, 6) is -0.840. The highest BCUT2D eigenvalue weighted by Gasteiger charge is 2.34. The van der Waals surface area contributed by atoms with E-state index in [2.05, 4.69) is 9.32 Å². The fourth-order valence-corrected chi connectivity index (χ4v) is 1.29. The lowest BCUT2D eigenvalue weighted by Gasteiger charge is -2.11. The second-order valence-electron chi connectivity index (χ2n) is 2.57. The van der Waals surface area contributed by atoms with E-state index in [-0.39, 0.29) is 0 Å². The minimum absolute atomic E-state index is 0.695. The first-order valence-electron chi connectivity index (χ1n) is 3.58. The van der Waals surface area contributed by atoms with Crippen molar-refractivity contribution in [1.29, 1.82) is 0 Å². The Morgan fingerprint density at radius 1 is 1.20 bits per heavy atom. The first-order chi connectivity index (χ1) is 6.70. The molecule has 15 heavy (non-hydrogen) atoms. The van der Waals surface area contributed by atoms with Gasteiger partial charge in [-0.1, -0.05) is 12.1 Å². The zero-order valence-corrected chi connectivity index (χ0v) is 7.97. The van der Waals surface area contributed by atoms with Gasteiger partial charge in [0.15, 0.2) is 5.75 Å². The Bertz CT molecular complexity index is 455. The van der Waals surface area contributed by atoms with E-state index >= 15 is 0 Å². The fraction of sp³-hybridized carbons (Fsp3) is 0.143. The lowest BCUT2D eigenvalue weighted by atomic mass is 10.2. The highest BCUT2D eigenvalue weighted by atomic mass is 32.2. The molecule has 84 valence electrons. The predicted octanol–water partition coefficient (Wildman–Crippen LogP) is 1.29. The third kappa shape index (κ3) is 3.40. The van der Waals surface area contributed by atoms with Gasteiger partial charge in [-0.05, 0) is 12.1 Å². The van der Waals surface area contributed by atoms with Crippen LogP contribution < -0.4 is 9.32 Å². The van der Waals surface area contributed by atoms with Gasteiger partial charge in [0.2, 0.25) is 0 Å². The summed E-state index contributed by atoms with van der Waals surface area (Å²) in [5.41, 5.74) is -1.20. The molecule has 2 N–H and O–H groups in total. The largest absolute Gasteiger partial charge is 0.420 e. The van der Waals surface area contributed by atoms with Crippen LogP contribution in [0.2, 0.25) is 0 Å². The molecule has 0 fully saturated rings. The molecule has 0 aliphatic heterocycles. The Labute approximate surface area is 83.7 Å². The topological polar surface area (TPSA) is 69.4 Å². The molecule has 0 saturated carbocycles. The molecule has 0 amide bonds. The van der Waals surface area contributed by atoms with Crippen LogP contribution in [0.1, 0.15) is 5.56 Å². The number of rotatable bonds is 2. The summed E-state index contributed by atoms with van der Waals surface area (Å²) in [6, 6.07) is 3.88. The second-order valence-corrected chi connectivity index (χ2v) is 3.72. The van der Waals surface area contributed by atoms with Crippen molar-refractivity contribution in [2.75, 3.05) is 0 Å². The summed E-state index contributed by atoms with van der Waals surface area (Å²) >= 11 is 0. The van der Waals surface area contributed by atoms with Crippen LogP contribution in [0.3, 0.4) is 0 Å². The van der Waals surface area contributed by atoms with E-state index < -0.39 is 27.8 Å². The summed E-state index contributed by atoms with van der Waals surface area (Å²) in [6.45, 7) is 0. The normalized spacial score (nSPS) is 12.5. The van der Waals surface area contributed by atoms with Crippen LogP contribution in [-0.2, 0) is 16.5 Å². The Morgan fingerprint density at radius 3 is 2.20 bits per heavy atom. The van der Waals surface area contributed by atoms with Crippen molar-refractivity contribution < 1.29 is 25.8 Å². The summed E-state index contributed by atoms with van der Waals surface area (Å²) < 4.78 is 61.8. The minimum atomic E-state index is -4.69. The number of nitrogens with two attached hydrogens (primary N) is 1. The molecule has 0 radical (unpaired) electrons. The van der Waals surface area contributed by atoms with Crippen LogP contribution >= 0.6 is 0 Å². The van der Waals surface area contributed by atoms with Crippen LogP contribution in [0.15, 0.2) is 24.3 Å². The molecule has 1 rings (SSSR count). The Kier molecular flexibility index (Phi) is 2.91. The molecule has 0 spiro atoms. The molecular weight excluding hydrogens is 235 g/mol. The molecule has 0 aliphatic carbocycles. The van der Waals surface area contributed by atoms with Crippen molar-refractivity contribution in [3.8, 4) is 5.75 Å². The molecule has 0 saturated heterocycles. The molecule has 1 aromatic rings. The minimum Gasteiger partial charge on any atom is -0.370 e. The summed E-state index contributed by atoms with van der Waals surface area (Å²) in [5, 5.41) is 4.46. The summed E-state index contributed by atoms with van der Waals surface area (Å²) in [7, 11) is -4.46. The maximum absolute atomic E-state index is 12.3. The number of alkyl halides is 3. The second kappa shape index (κ2) is 3.70. The van der Waals surface area contributed by atoms with Gasteiger partial charge >= 0.3 is 16.5 Å². The number of para-hydroxylation sites is 1. The molecule has 1 aromatic carbocycles.